The van der Waals surface area contributed by atoms with Crippen LogP contribution in [0.1, 0.15) is 33.1 Å². The molecule has 4 nitrogen and oxygen atoms in total. The molecule has 0 spiro atoms. The average Bonchev–Trinajstić information content (AvgIpc) is 2.43. The molecule has 1 aliphatic rings. The summed E-state index contributed by atoms with van der Waals surface area (Å²) < 4.78 is 25.7. The summed E-state index contributed by atoms with van der Waals surface area (Å²) >= 11 is 0. The zero-order chi connectivity index (χ0) is 14.8. The van der Waals surface area contributed by atoms with Crippen LogP contribution in [0.5, 0.6) is 0 Å². The molecule has 2 rings (SSSR count). The van der Waals surface area contributed by atoms with Crippen molar-refractivity contribution in [3.8, 4) is 0 Å². The molecular formula is C15H24N2O2S. The van der Waals surface area contributed by atoms with E-state index in [-0.39, 0.29) is 0 Å². The van der Waals surface area contributed by atoms with Crippen LogP contribution in [0.2, 0.25) is 0 Å². The fourth-order valence-electron chi connectivity index (χ4n) is 2.80. The standard InChI is InChI=1S/C15H24N2O2S/c1-11-4-5-12(2)15(10-11)17-13-6-8-14(9-7-13)20(18,19)16-3/h6-9,11-12,15-17H,4-5,10H2,1-3H3. The third-order valence-electron chi connectivity index (χ3n) is 4.24. The van der Waals surface area contributed by atoms with Crippen LogP contribution in [-0.4, -0.2) is 21.5 Å². The summed E-state index contributed by atoms with van der Waals surface area (Å²) in [4.78, 5) is 0.301. The molecule has 1 aromatic carbocycles. The predicted octanol–water partition coefficient (Wildman–Crippen LogP) is 2.83. The molecule has 0 saturated heterocycles. The van der Waals surface area contributed by atoms with Gasteiger partial charge in [0.2, 0.25) is 10.0 Å². The second-order valence-corrected chi connectivity index (χ2v) is 7.76. The first-order chi connectivity index (χ1) is 9.42. The second kappa shape index (κ2) is 6.14. The Kier molecular flexibility index (Phi) is 4.70. The molecule has 0 radical (unpaired) electrons. The van der Waals surface area contributed by atoms with E-state index in [0.29, 0.717) is 16.9 Å². The molecule has 0 heterocycles. The molecule has 0 amide bonds. The van der Waals surface area contributed by atoms with Gasteiger partial charge in [0.15, 0.2) is 0 Å². The van der Waals surface area contributed by atoms with E-state index in [4.69, 9.17) is 0 Å². The highest BCUT2D eigenvalue weighted by Gasteiger charge is 2.25. The van der Waals surface area contributed by atoms with Gasteiger partial charge in [-0.1, -0.05) is 20.3 Å². The largest absolute Gasteiger partial charge is 0.382 e. The monoisotopic (exact) mass is 296 g/mol. The van der Waals surface area contributed by atoms with Gasteiger partial charge >= 0.3 is 0 Å². The van der Waals surface area contributed by atoms with E-state index in [9.17, 15) is 8.42 Å². The Labute approximate surface area is 122 Å². The van der Waals surface area contributed by atoms with Crippen molar-refractivity contribution in [1.29, 1.82) is 0 Å². The van der Waals surface area contributed by atoms with Gasteiger partial charge in [-0.15, -0.1) is 0 Å². The first kappa shape index (κ1) is 15.3. The molecule has 1 aromatic rings. The molecule has 0 bridgehead atoms. The minimum atomic E-state index is -3.35. The third-order valence-corrected chi connectivity index (χ3v) is 5.67. The van der Waals surface area contributed by atoms with E-state index in [1.807, 2.05) is 12.1 Å². The van der Waals surface area contributed by atoms with E-state index in [0.717, 1.165) is 11.6 Å². The van der Waals surface area contributed by atoms with Gasteiger partial charge in [0, 0.05) is 11.7 Å². The average molecular weight is 296 g/mol. The Morgan fingerprint density at radius 1 is 1.10 bits per heavy atom. The third kappa shape index (κ3) is 3.52. The minimum absolute atomic E-state index is 0.301. The Morgan fingerprint density at radius 2 is 1.75 bits per heavy atom. The summed E-state index contributed by atoms with van der Waals surface area (Å²) in [6, 6.07) is 7.45. The van der Waals surface area contributed by atoms with Crippen LogP contribution in [0.15, 0.2) is 29.2 Å². The summed E-state index contributed by atoms with van der Waals surface area (Å²) in [5.74, 6) is 1.42. The molecule has 1 saturated carbocycles. The maximum absolute atomic E-state index is 11.7. The van der Waals surface area contributed by atoms with Crippen LogP contribution in [0, 0.1) is 11.8 Å². The molecule has 1 aliphatic carbocycles. The molecule has 2 N–H and O–H groups in total. The predicted molar refractivity (Wildman–Crippen MR) is 82.3 cm³/mol. The highest BCUT2D eigenvalue weighted by atomic mass is 32.2. The van der Waals surface area contributed by atoms with Crippen molar-refractivity contribution >= 4 is 15.7 Å². The lowest BCUT2D eigenvalue weighted by molar-refractivity contribution is 0.280. The number of nitrogens with one attached hydrogen (secondary N) is 2. The van der Waals surface area contributed by atoms with Gasteiger partial charge in [-0.3, -0.25) is 0 Å². The van der Waals surface area contributed by atoms with Gasteiger partial charge in [-0.25, -0.2) is 13.1 Å². The molecule has 3 atom stereocenters. The number of anilines is 1. The van der Waals surface area contributed by atoms with E-state index < -0.39 is 10.0 Å². The molecule has 3 unspecified atom stereocenters. The fourth-order valence-corrected chi connectivity index (χ4v) is 3.53. The summed E-state index contributed by atoms with van der Waals surface area (Å²) in [6.07, 6.45) is 3.74. The lowest BCUT2D eigenvalue weighted by Crippen LogP contribution is -2.33. The van der Waals surface area contributed by atoms with Crippen LogP contribution < -0.4 is 10.0 Å². The summed E-state index contributed by atoms with van der Waals surface area (Å²) in [5.41, 5.74) is 0.992. The van der Waals surface area contributed by atoms with Gasteiger partial charge in [0.1, 0.15) is 0 Å². The van der Waals surface area contributed by atoms with Gasteiger partial charge < -0.3 is 5.32 Å². The number of sulfonamides is 1. The summed E-state index contributed by atoms with van der Waals surface area (Å²) in [7, 11) is -1.92. The minimum Gasteiger partial charge on any atom is -0.382 e. The maximum Gasteiger partial charge on any atom is 0.240 e. The second-order valence-electron chi connectivity index (χ2n) is 5.88. The molecule has 0 aromatic heterocycles. The number of rotatable bonds is 4. The molecule has 0 aliphatic heterocycles. The van der Waals surface area contributed by atoms with E-state index in [2.05, 4.69) is 23.9 Å². The normalized spacial score (nSPS) is 27.2. The Morgan fingerprint density at radius 3 is 2.35 bits per heavy atom. The van der Waals surface area contributed by atoms with Crippen molar-refractivity contribution in [1.82, 2.24) is 4.72 Å². The van der Waals surface area contributed by atoms with Crippen molar-refractivity contribution < 1.29 is 8.42 Å². The van der Waals surface area contributed by atoms with Crippen LogP contribution in [-0.2, 0) is 10.0 Å². The Hall–Kier alpha value is -1.07. The van der Waals surface area contributed by atoms with Gasteiger partial charge in [0.25, 0.3) is 0 Å². The van der Waals surface area contributed by atoms with Gasteiger partial charge in [-0.2, -0.15) is 0 Å². The molecule has 1 fully saturated rings. The van der Waals surface area contributed by atoms with Gasteiger partial charge in [0.05, 0.1) is 4.90 Å². The van der Waals surface area contributed by atoms with Crippen molar-refractivity contribution in [2.45, 2.75) is 44.0 Å². The van der Waals surface area contributed by atoms with Crippen molar-refractivity contribution in [2.75, 3.05) is 12.4 Å². The lowest BCUT2D eigenvalue weighted by Gasteiger charge is -2.34. The smallest absolute Gasteiger partial charge is 0.240 e. The van der Waals surface area contributed by atoms with Crippen LogP contribution in [0.25, 0.3) is 0 Å². The highest BCUT2D eigenvalue weighted by Crippen LogP contribution is 2.30. The number of benzene rings is 1. The topological polar surface area (TPSA) is 58.2 Å². The van der Waals surface area contributed by atoms with Crippen LogP contribution in [0.4, 0.5) is 5.69 Å². The highest BCUT2D eigenvalue weighted by molar-refractivity contribution is 7.89. The molecular weight excluding hydrogens is 272 g/mol. The SMILES string of the molecule is CNS(=O)(=O)c1ccc(NC2CC(C)CCC2C)cc1. The lowest BCUT2D eigenvalue weighted by atomic mass is 9.80. The zero-order valence-corrected chi connectivity index (χ0v) is 13.2. The summed E-state index contributed by atoms with van der Waals surface area (Å²) in [5, 5.41) is 3.54. The molecule has 112 valence electrons. The maximum atomic E-state index is 11.7. The van der Waals surface area contributed by atoms with Crippen LogP contribution >= 0.6 is 0 Å². The molecule has 5 heteroatoms. The van der Waals surface area contributed by atoms with E-state index >= 15 is 0 Å². The summed E-state index contributed by atoms with van der Waals surface area (Å²) in [6.45, 7) is 4.58. The van der Waals surface area contributed by atoms with E-state index in [1.54, 1.807) is 12.1 Å². The van der Waals surface area contributed by atoms with Crippen LogP contribution in [0.3, 0.4) is 0 Å². The quantitative estimate of drug-likeness (QED) is 0.898. The van der Waals surface area contributed by atoms with Crippen molar-refractivity contribution in [3.63, 3.8) is 0 Å². The zero-order valence-electron chi connectivity index (χ0n) is 12.4. The van der Waals surface area contributed by atoms with Gasteiger partial charge in [-0.05, 0) is 56.0 Å². The van der Waals surface area contributed by atoms with Crippen molar-refractivity contribution in [2.24, 2.45) is 11.8 Å². The number of hydrogen-bond acceptors (Lipinski definition) is 3. The van der Waals surface area contributed by atoms with E-state index in [1.165, 1.54) is 26.3 Å². The first-order valence-electron chi connectivity index (χ1n) is 7.22. The first-order valence-corrected chi connectivity index (χ1v) is 8.71. The number of hydrogen-bond donors (Lipinski definition) is 2. The fraction of sp³-hybridized carbons (Fsp3) is 0.600. The van der Waals surface area contributed by atoms with Crippen molar-refractivity contribution in [3.05, 3.63) is 24.3 Å². The molecule has 20 heavy (non-hydrogen) atoms. The Balaban J connectivity index is 2.07. The Bertz CT molecular complexity index is 539.